The number of hydrogen-bond donors (Lipinski definition) is 2. The number of sulfone groups is 1. The number of rotatable bonds is 2. The Bertz CT molecular complexity index is 607. The van der Waals surface area contributed by atoms with E-state index >= 15 is 0 Å². The molecular weight excluding hydrogens is 263 g/mol. The monoisotopic (exact) mass is 274 g/mol. The molecule has 2 N–H and O–H groups in total. The number of aromatic hydroxyl groups is 2. The van der Waals surface area contributed by atoms with Crippen LogP contribution in [0.3, 0.4) is 0 Å². The van der Waals surface area contributed by atoms with Crippen molar-refractivity contribution in [2.45, 2.75) is 9.79 Å². The molecule has 0 atom stereocenters. The molecule has 0 amide bonds. The predicted molar refractivity (Wildman–Crippen MR) is 62.8 cm³/mol. The van der Waals surface area contributed by atoms with Gasteiger partial charge in [-0.2, -0.15) is 0 Å². The van der Waals surface area contributed by atoms with Gasteiger partial charge in [0.05, 0.1) is 0 Å². The number of para-hydroxylation sites is 2. The fourth-order valence-corrected chi connectivity index (χ4v) is 2.93. The Morgan fingerprint density at radius 1 is 0.778 bits per heavy atom. The van der Waals surface area contributed by atoms with E-state index in [9.17, 15) is 18.6 Å². The van der Waals surface area contributed by atoms with Crippen LogP contribution >= 0.6 is 0 Å². The first-order chi connectivity index (χ1) is 8.03. The molecule has 0 aromatic heterocycles. The van der Waals surface area contributed by atoms with Gasteiger partial charge in [-0.3, -0.25) is 0 Å². The molecule has 0 heterocycles. The Kier molecular flexibility index (Phi) is 4.81. The SMILES string of the molecule is O=S(=O)(c1ccccc1O)c1ccccc1O.[H-].[Na+]. The minimum Gasteiger partial charge on any atom is -1.00 e. The molecule has 0 saturated carbocycles. The zero-order chi connectivity index (χ0) is 12.5. The third kappa shape index (κ3) is 2.70. The summed E-state index contributed by atoms with van der Waals surface area (Å²) < 4.78 is 24.3. The molecule has 18 heavy (non-hydrogen) atoms. The summed E-state index contributed by atoms with van der Waals surface area (Å²) in [6.45, 7) is 0. The maximum atomic E-state index is 12.2. The number of phenols is 2. The summed E-state index contributed by atoms with van der Waals surface area (Å²) >= 11 is 0. The van der Waals surface area contributed by atoms with E-state index in [0.717, 1.165) is 0 Å². The van der Waals surface area contributed by atoms with Crippen molar-refractivity contribution >= 4 is 9.84 Å². The third-order valence-electron chi connectivity index (χ3n) is 2.31. The maximum absolute atomic E-state index is 12.2. The molecule has 90 valence electrons. The van der Waals surface area contributed by atoms with Crippen LogP contribution in [0.1, 0.15) is 1.43 Å². The number of phenolic OH excluding ortho intramolecular Hbond substituents is 2. The molecule has 0 aliphatic carbocycles. The van der Waals surface area contributed by atoms with Gasteiger partial charge in [0.15, 0.2) is 0 Å². The van der Waals surface area contributed by atoms with Crippen LogP contribution in [0.2, 0.25) is 0 Å². The van der Waals surface area contributed by atoms with Crippen LogP contribution in [0.4, 0.5) is 0 Å². The van der Waals surface area contributed by atoms with Gasteiger partial charge in [-0.25, -0.2) is 8.42 Å². The normalized spacial score (nSPS) is 10.7. The second-order valence-corrected chi connectivity index (χ2v) is 5.33. The molecule has 0 bridgehead atoms. The van der Waals surface area contributed by atoms with Crippen LogP contribution < -0.4 is 29.6 Å². The molecule has 0 radical (unpaired) electrons. The van der Waals surface area contributed by atoms with Crippen LogP contribution in [0, 0.1) is 0 Å². The van der Waals surface area contributed by atoms with Crippen molar-refractivity contribution in [1.29, 1.82) is 0 Å². The van der Waals surface area contributed by atoms with Gasteiger partial charge < -0.3 is 11.6 Å². The molecule has 0 saturated heterocycles. The van der Waals surface area contributed by atoms with Crippen molar-refractivity contribution in [3.05, 3.63) is 48.5 Å². The molecule has 4 nitrogen and oxygen atoms in total. The van der Waals surface area contributed by atoms with Crippen molar-refractivity contribution < 1.29 is 49.6 Å². The zero-order valence-corrected chi connectivity index (χ0v) is 12.6. The maximum Gasteiger partial charge on any atom is 1.00 e. The van der Waals surface area contributed by atoms with Crippen molar-refractivity contribution in [3.63, 3.8) is 0 Å². The molecule has 2 aromatic carbocycles. The van der Waals surface area contributed by atoms with E-state index in [4.69, 9.17) is 0 Å². The van der Waals surface area contributed by atoms with Gasteiger partial charge in [0.2, 0.25) is 9.84 Å². The van der Waals surface area contributed by atoms with Crippen LogP contribution in [-0.4, -0.2) is 18.6 Å². The van der Waals surface area contributed by atoms with Gasteiger partial charge in [-0.15, -0.1) is 0 Å². The fourth-order valence-electron chi connectivity index (χ4n) is 1.49. The molecule has 2 rings (SSSR count). The van der Waals surface area contributed by atoms with E-state index in [1.165, 1.54) is 48.5 Å². The standard InChI is InChI=1S/C12H10O4S.Na.H/c13-9-5-1-3-7-11(9)17(15,16)12-8-4-2-6-10(12)14;;/h1-8,13-14H;;/q;+1;-1. The summed E-state index contributed by atoms with van der Waals surface area (Å²) in [4.78, 5) is -0.442. The first kappa shape index (κ1) is 15.0. The Labute approximate surface area is 129 Å². The van der Waals surface area contributed by atoms with E-state index in [-0.39, 0.29) is 52.3 Å². The van der Waals surface area contributed by atoms with E-state index in [1.54, 1.807) is 0 Å². The van der Waals surface area contributed by atoms with E-state index in [1.807, 2.05) is 0 Å². The molecule has 0 aliphatic heterocycles. The molecule has 0 spiro atoms. The number of hydrogen-bond acceptors (Lipinski definition) is 4. The molecule has 6 heteroatoms. The summed E-state index contributed by atoms with van der Waals surface area (Å²) in [5.74, 6) is -0.675. The van der Waals surface area contributed by atoms with Gasteiger partial charge in [0.1, 0.15) is 21.3 Å². The Morgan fingerprint density at radius 2 is 1.11 bits per heavy atom. The van der Waals surface area contributed by atoms with Crippen LogP contribution in [0.5, 0.6) is 11.5 Å². The molecule has 0 unspecified atom stereocenters. The van der Waals surface area contributed by atoms with Crippen LogP contribution in [0.25, 0.3) is 0 Å². The molecule has 0 fully saturated rings. The Balaban J connectivity index is 0.00000162. The predicted octanol–water partition coefficient (Wildman–Crippen LogP) is -0.953. The molecule has 0 aliphatic rings. The summed E-state index contributed by atoms with van der Waals surface area (Å²) in [6, 6.07) is 11.2. The van der Waals surface area contributed by atoms with Crippen molar-refractivity contribution in [2.24, 2.45) is 0 Å². The minimum absolute atomic E-state index is 0. The second kappa shape index (κ2) is 5.75. The summed E-state index contributed by atoms with van der Waals surface area (Å²) in [5, 5.41) is 19.1. The number of benzene rings is 2. The van der Waals surface area contributed by atoms with E-state index < -0.39 is 9.84 Å². The fraction of sp³-hybridized carbons (Fsp3) is 0. The van der Waals surface area contributed by atoms with Crippen molar-refractivity contribution in [3.8, 4) is 11.5 Å². The van der Waals surface area contributed by atoms with Crippen molar-refractivity contribution in [1.82, 2.24) is 0 Å². The Hall–Kier alpha value is -1.01. The van der Waals surface area contributed by atoms with Gasteiger partial charge in [0, 0.05) is 0 Å². The third-order valence-corrected chi connectivity index (χ3v) is 4.16. The van der Waals surface area contributed by atoms with Gasteiger partial charge in [-0.1, -0.05) is 24.3 Å². The minimum atomic E-state index is -3.90. The Morgan fingerprint density at radius 3 is 1.44 bits per heavy atom. The molecular formula is C12H11NaO4S. The average Bonchev–Trinajstić information content (AvgIpc) is 2.29. The van der Waals surface area contributed by atoms with Crippen LogP contribution in [0.15, 0.2) is 58.3 Å². The topological polar surface area (TPSA) is 74.6 Å². The second-order valence-electron chi connectivity index (χ2n) is 3.44. The summed E-state index contributed by atoms with van der Waals surface area (Å²) in [6.07, 6.45) is 0. The first-order valence-electron chi connectivity index (χ1n) is 4.84. The molecule has 2 aromatic rings. The quantitative estimate of drug-likeness (QED) is 0.692. The smallest absolute Gasteiger partial charge is 1.00 e. The van der Waals surface area contributed by atoms with E-state index in [2.05, 4.69) is 0 Å². The van der Waals surface area contributed by atoms with Crippen molar-refractivity contribution in [2.75, 3.05) is 0 Å². The largest absolute Gasteiger partial charge is 1.00 e. The van der Waals surface area contributed by atoms with Gasteiger partial charge >= 0.3 is 29.6 Å². The summed E-state index contributed by atoms with van der Waals surface area (Å²) in [7, 11) is -3.90. The zero-order valence-electron chi connectivity index (χ0n) is 10.7. The average molecular weight is 274 g/mol. The summed E-state index contributed by atoms with van der Waals surface area (Å²) in [5.41, 5.74) is 0. The first-order valence-corrected chi connectivity index (χ1v) is 6.33. The van der Waals surface area contributed by atoms with Gasteiger partial charge in [-0.05, 0) is 24.3 Å². The van der Waals surface area contributed by atoms with E-state index in [0.29, 0.717) is 0 Å². The van der Waals surface area contributed by atoms with Gasteiger partial charge in [0.25, 0.3) is 0 Å². The van der Waals surface area contributed by atoms with Crippen LogP contribution in [-0.2, 0) is 9.84 Å².